The fourth-order valence-electron chi connectivity index (χ4n) is 1.62. The Balaban J connectivity index is 2.51. The van der Waals surface area contributed by atoms with Crippen LogP contribution in [0.5, 0.6) is 0 Å². The van der Waals surface area contributed by atoms with E-state index in [0.717, 1.165) is 5.56 Å². The summed E-state index contributed by atoms with van der Waals surface area (Å²) in [7, 11) is 0. The average Bonchev–Trinajstić information content (AvgIpc) is 2.31. The van der Waals surface area contributed by atoms with Crippen LogP contribution >= 0.6 is 34.8 Å². The molecule has 0 saturated heterocycles. The van der Waals surface area contributed by atoms with Gasteiger partial charge in [-0.05, 0) is 42.8 Å². The second-order valence-corrected chi connectivity index (χ2v) is 5.19. The third-order valence-corrected chi connectivity index (χ3v) is 3.42. The molecule has 0 spiro atoms. The number of rotatable bonds is 2. The van der Waals surface area contributed by atoms with Crippen LogP contribution in [0, 0.1) is 6.92 Å². The zero-order valence-corrected chi connectivity index (χ0v) is 11.8. The summed E-state index contributed by atoms with van der Waals surface area (Å²) < 4.78 is 0. The lowest BCUT2D eigenvalue weighted by atomic mass is 10.0. The Labute approximate surface area is 120 Å². The van der Waals surface area contributed by atoms with Crippen molar-refractivity contribution in [2.75, 3.05) is 0 Å². The molecule has 2 aromatic carbocycles. The predicted molar refractivity (Wildman–Crippen MR) is 76.1 cm³/mol. The lowest BCUT2D eigenvalue weighted by Gasteiger charge is -2.07. The van der Waals surface area contributed by atoms with Gasteiger partial charge in [0, 0.05) is 16.1 Å². The van der Waals surface area contributed by atoms with Crippen molar-refractivity contribution < 1.29 is 4.79 Å². The third kappa shape index (κ3) is 2.69. The molecular weight excluding hydrogens is 291 g/mol. The molecule has 0 aliphatic rings. The molecule has 0 N–H and O–H groups in total. The number of carbonyl (C=O) groups is 1. The lowest BCUT2D eigenvalue weighted by Crippen LogP contribution is -2.03. The van der Waals surface area contributed by atoms with Crippen molar-refractivity contribution in [2.45, 2.75) is 6.92 Å². The molecule has 0 bridgehead atoms. The molecule has 1 nitrogen and oxygen atoms in total. The minimum Gasteiger partial charge on any atom is -0.288 e. The van der Waals surface area contributed by atoms with E-state index >= 15 is 0 Å². The first-order valence-electron chi connectivity index (χ1n) is 5.25. The van der Waals surface area contributed by atoms with Crippen LogP contribution in [0.4, 0.5) is 0 Å². The van der Waals surface area contributed by atoms with Gasteiger partial charge >= 0.3 is 0 Å². The third-order valence-electron chi connectivity index (χ3n) is 2.54. The molecular formula is C14H9Cl3O. The van der Waals surface area contributed by atoms with E-state index < -0.39 is 0 Å². The highest BCUT2D eigenvalue weighted by Crippen LogP contribution is 2.26. The highest BCUT2D eigenvalue weighted by Gasteiger charge is 2.16. The smallest absolute Gasteiger partial charge is 0.196 e. The van der Waals surface area contributed by atoms with Crippen LogP contribution in [-0.4, -0.2) is 5.78 Å². The molecule has 92 valence electrons. The maximum absolute atomic E-state index is 12.3. The number of ketones is 1. The number of hydrogen-bond donors (Lipinski definition) is 0. The van der Waals surface area contributed by atoms with Gasteiger partial charge in [-0.3, -0.25) is 4.79 Å². The van der Waals surface area contributed by atoms with E-state index in [2.05, 4.69) is 0 Å². The van der Waals surface area contributed by atoms with Crippen LogP contribution in [0.15, 0.2) is 36.4 Å². The van der Waals surface area contributed by atoms with Crippen LogP contribution in [0.3, 0.4) is 0 Å². The lowest BCUT2D eigenvalue weighted by molar-refractivity contribution is 0.103. The Hall–Kier alpha value is -1.02. The Morgan fingerprint density at radius 2 is 1.61 bits per heavy atom. The molecule has 0 unspecified atom stereocenters. The summed E-state index contributed by atoms with van der Waals surface area (Å²) in [5.74, 6) is -0.229. The number of aryl methyl sites for hydroxylation is 1. The zero-order chi connectivity index (χ0) is 13.3. The van der Waals surface area contributed by atoms with Gasteiger partial charge in [-0.15, -0.1) is 0 Å². The summed E-state index contributed by atoms with van der Waals surface area (Å²) in [4.78, 5) is 12.3. The molecule has 2 rings (SSSR count). The minimum absolute atomic E-state index is 0.229. The first-order chi connectivity index (χ1) is 8.49. The molecule has 0 aliphatic heterocycles. The molecule has 0 aliphatic carbocycles. The fraction of sp³-hybridized carbons (Fsp3) is 0.0714. The van der Waals surface area contributed by atoms with Gasteiger partial charge in [0.15, 0.2) is 5.78 Å². The molecule has 0 radical (unpaired) electrons. The van der Waals surface area contributed by atoms with Crippen molar-refractivity contribution in [3.8, 4) is 0 Å². The minimum atomic E-state index is -0.229. The first-order valence-corrected chi connectivity index (χ1v) is 6.38. The summed E-state index contributed by atoms with van der Waals surface area (Å²) in [5.41, 5.74) is 1.77. The normalized spacial score (nSPS) is 10.4. The Morgan fingerprint density at radius 1 is 0.889 bits per heavy atom. The molecule has 0 saturated carbocycles. The largest absolute Gasteiger partial charge is 0.288 e. The highest BCUT2D eigenvalue weighted by atomic mass is 35.5. The standard InChI is InChI=1S/C14H9Cl3O/c1-8-2-4-10(13(17)6-8)14(18)11-7-9(15)3-5-12(11)16/h2-7H,1H3. The van der Waals surface area contributed by atoms with E-state index in [1.165, 1.54) is 0 Å². The van der Waals surface area contributed by atoms with Crippen molar-refractivity contribution >= 4 is 40.6 Å². The predicted octanol–water partition coefficient (Wildman–Crippen LogP) is 5.19. The number of carbonyl (C=O) groups excluding carboxylic acids is 1. The van der Waals surface area contributed by atoms with Crippen LogP contribution in [0.25, 0.3) is 0 Å². The van der Waals surface area contributed by atoms with Gasteiger partial charge in [0.2, 0.25) is 0 Å². The van der Waals surface area contributed by atoms with Gasteiger partial charge < -0.3 is 0 Å². The van der Waals surface area contributed by atoms with E-state index in [-0.39, 0.29) is 5.78 Å². The summed E-state index contributed by atoms with van der Waals surface area (Å²) >= 11 is 17.9. The van der Waals surface area contributed by atoms with Crippen molar-refractivity contribution in [1.29, 1.82) is 0 Å². The maximum atomic E-state index is 12.3. The molecule has 0 amide bonds. The topological polar surface area (TPSA) is 17.1 Å². The zero-order valence-electron chi connectivity index (χ0n) is 9.51. The Morgan fingerprint density at radius 3 is 2.28 bits per heavy atom. The second-order valence-electron chi connectivity index (χ2n) is 3.94. The highest BCUT2D eigenvalue weighted by molar-refractivity contribution is 6.39. The average molecular weight is 300 g/mol. The summed E-state index contributed by atoms with van der Waals surface area (Å²) in [5, 5.41) is 1.24. The van der Waals surface area contributed by atoms with Crippen molar-refractivity contribution in [1.82, 2.24) is 0 Å². The SMILES string of the molecule is Cc1ccc(C(=O)c2cc(Cl)ccc2Cl)c(Cl)c1. The van der Waals surface area contributed by atoms with Crippen molar-refractivity contribution in [3.63, 3.8) is 0 Å². The van der Waals surface area contributed by atoms with E-state index in [1.54, 1.807) is 30.3 Å². The number of hydrogen-bond acceptors (Lipinski definition) is 1. The van der Waals surface area contributed by atoms with Gasteiger partial charge in [0.05, 0.1) is 10.0 Å². The quantitative estimate of drug-likeness (QED) is 0.698. The summed E-state index contributed by atoms with van der Waals surface area (Å²) in [6.45, 7) is 1.91. The van der Waals surface area contributed by atoms with Crippen LogP contribution in [0.1, 0.15) is 21.5 Å². The molecule has 4 heteroatoms. The number of benzene rings is 2. The second kappa shape index (κ2) is 5.31. The summed E-state index contributed by atoms with van der Waals surface area (Å²) in [6, 6.07) is 10.0. The van der Waals surface area contributed by atoms with Gasteiger partial charge in [-0.25, -0.2) is 0 Å². The molecule has 2 aromatic rings. The van der Waals surface area contributed by atoms with E-state index in [1.807, 2.05) is 13.0 Å². The molecule has 0 aromatic heterocycles. The van der Waals surface area contributed by atoms with Crippen LogP contribution in [0.2, 0.25) is 15.1 Å². The van der Waals surface area contributed by atoms with Crippen LogP contribution < -0.4 is 0 Å². The maximum Gasteiger partial charge on any atom is 0.196 e. The molecule has 18 heavy (non-hydrogen) atoms. The van der Waals surface area contributed by atoms with Gasteiger partial charge in [-0.1, -0.05) is 40.9 Å². The van der Waals surface area contributed by atoms with Crippen molar-refractivity contribution in [3.05, 3.63) is 68.2 Å². The Kier molecular flexibility index (Phi) is 3.96. The van der Waals surface area contributed by atoms with Gasteiger partial charge in [-0.2, -0.15) is 0 Å². The van der Waals surface area contributed by atoms with E-state index in [4.69, 9.17) is 34.8 Å². The van der Waals surface area contributed by atoms with Gasteiger partial charge in [0.1, 0.15) is 0 Å². The molecule has 0 atom stereocenters. The Bertz CT molecular complexity index is 620. The van der Waals surface area contributed by atoms with Crippen molar-refractivity contribution in [2.24, 2.45) is 0 Å². The van der Waals surface area contributed by atoms with Gasteiger partial charge in [0.25, 0.3) is 0 Å². The first kappa shape index (κ1) is 13.4. The molecule has 0 fully saturated rings. The van der Waals surface area contributed by atoms with Crippen LogP contribution in [-0.2, 0) is 0 Å². The molecule has 0 heterocycles. The number of halogens is 3. The monoisotopic (exact) mass is 298 g/mol. The summed E-state index contributed by atoms with van der Waals surface area (Å²) in [6.07, 6.45) is 0. The fourth-order valence-corrected chi connectivity index (χ4v) is 2.32. The van der Waals surface area contributed by atoms with E-state index in [0.29, 0.717) is 26.2 Å². The van der Waals surface area contributed by atoms with E-state index in [9.17, 15) is 4.79 Å².